The Bertz CT molecular complexity index is 512. The van der Waals surface area contributed by atoms with Crippen molar-refractivity contribution in [1.82, 2.24) is 15.0 Å². The van der Waals surface area contributed by atoms with Gasteiger partial charge in [-0.05, 0) is 39.5 Å². The lowest BCUT2D eigenvalue weighted by Gasteiger charge is -2.38. The third-order valence-corrected chi connectivity index (χ3v) is 4.38. The van der Waals surface area contributed by atoms with E-state index in [2.05, 4.69) is 17.1 Å². The molecule has 0 N–H and O–H groups in total. The molecule has 21 heavy (non-hydrogen) atoms. The highest BCUT2D eigenvalue weighted by Gasteiger charge is 2.40. The van der Waals surface area contributed by atoms with Gasteiger partial charge in [-0.2, -0.15) is 4.98 Å². The Kier molecular flexibility index (Phi) is 3.97. The molecule has 1 atom stereocenters. The summed E-state index contributed by atoms with van der Waals surface area (Å²) in [6, 6.07) is 0. The number of hydrogen-bond donors (Lipinski definition) is 0. The average molecular weight is 293 g/mol. The third-order valence-electron chi connectivity index (χ3n) is 4.38. The zero-order chi connectivity index (χ0) is 14.9. The highest BCUT2D eigenvalue weighted by molar-refractivity contribution is 5.77. The molecule has 1 aromatic rings. The number of nitrogens with zero attached hydrogens (tertiary/aromatic N) is 3. The molecule has 1 aromatic heterocycles. The van der Waals surface area contributed by atoms with Crippen LogP contribution in [0.15, 0.2) is 4.52 Å². The Morgan fingerprint density at radius 3 is 3.05 bits per heavy atom. The van der Waals surface area contributed by atoms with Gasteiger partial charge in [-0.3, -0.25) is 4.79 Å². The van der Waals surface area contributed by atoms with Crippen LogP contribution in [0.5, 0.6) is 0 Å². The van der Waals surface area contributed by atoms with E-state index in [0.717, 1.165) is 38.1 Å². The van der Waals surface area contributed by atoms with E-state index in [-0.39, 0.29) is 17.9 Å². The molecule has 1 aliphatic carbocycles. The molecule has 6 heteroatoms. The number of ether oxygens (including phenoxy) is 1. The maximum absolute atomic E-state index is 12.1. The number of amides is 1. The van der Waals surface area contributed by atoms with Gasteiger partial charge in [0.05, 0.1) is 5.41 Å². The smallest absolute Gasteiger partial charge is 0.248 e. The van der Waals surface area contributed by atoms with Gasteiger partial charge < -0.3 is 14.2 Å². The monoisotopic (exact) mass is 293 g/mol. The molecule has 1 aliphatic heterocycles. The third kappa shape index (κ3) is 3.10. The molecule has 0 bridgehead atoms. The number of carbonyl (C=O) groups excluding carboxylic acids is 1. The number of aromatic nitrogens is 2. The van der Waals surface area contributed by atoms with Gasteiger partial charge in [0.2, 0.25) is 11.8 Å². The minimum atomic E-state index is -0.236. The molecule has 2 heterocycles. The van der Waals surface area contributed by atoms with Crippen LogP contribution in [0.4, 0.5) is 0 Å². The largest absolute Gasteiger partial charge is 0.372 e. The summed E-state index contributed by atoms with van der Waals surface area (Å²) in [7, 11) is 0. The fraction of sp³-hybridized carbons (Fsp3) is 0.800. The summed E-state index contributed by atoms with van der Waals surface area (Å²) < 4.78 is 10.7. The first kappa shape index (κ1) is 14.5. The van der Waals surface area contributed by atoms with Crippen LogP contribution < -0.4 is 0 Å². The Balaban J connectivity index is 1.69. The van der Waals surface area contributed by atoms with Gasteiger partial charge in [0.1, 0.15) is 6.61 Å². The fourth-order valence-corrected chi connectivity index (χ4v) is 2.89. The van der Waals surface area contributed by atoms with Crippen LogP contribution in [-0.2, 0) is 14.9 Å². The van der Waals surface area contributed by atoms with Gasteiger partial charge in [-0.25, -0.2) is 0 Å². The molecule has 2 aliphatic rings. The summed E-state index contributed by atoms with van der Waals surface area (Å²) >= 11 is 0. The first-order valence-electron chi connectivity index (χ1n) is 7.82. The van der Waals surface area contributed by atoms with Crippen molar-refractivity contribution < 1.29 is 14.1 Å². The second-order valence-electron chi connectivity index (χ2n) is 6.35. The van der Waals surface area contributed by atoms with Crippen LogP contribution in [0.3, 0.4) is 0 Å². The number of piperidine rings is 1. The molecule has 0 radical (unpaired) electrons. The Labute approximate surface area is 124 Å². The van der Waals surface area contributed by atoms with E-state index < -0.39 is 0 Å². The van der Waals surface area contributed by atoms with Gasteiger partial charge in [-0.1, -0.05) is 5.16 Å². The van der Waals surface area contributed by atoms with E-state index in [0.29, 0.717) is 25.0 Å². The molecule has 2 fully saturated rings. The van der Waals surface area contributed by atoms with E-state index in [4.69, 9.17) is 9.26 Å². The van der Waals surface area contributed by atoms with E-state index >= 15 is 0 Å². The highest BCUT2D eigenvalue weighted by atomic mass is 16.5. The molecular formula is C15H23N3O3. The molecule has 6 nitrogen and oxygen atoms in total. The number of hydrogen-bond acceptors (Lipinski definition) is 5. The average Bonchev–Trinajstić information content (AvgIpc) is 3.21. The van der Waals surface area contributed by atoms with Crippen LogP contribution in [0.2, 0.25) is 0 Å². The number of likely N-dealkylation sites (tertiary alicyclic amines) is 1. The lowest BCUT2D eigenvalue weighted by Crippen LogP contribution is -2.48. The molecule has 116 valence electrons. The molecule has 1 saturated carbocycles. The van der Waals surface area contributed by atoms with Gasteiger partial charge in [0.15, 0.2) is 5.82 Å². The van der Waals surface area contributed by atoms with Gasteiger partial charge in [0.25, 0.3) is 0 Å². The topological polar surface area (TPSA) is 68.5 Å². The van der Waals surface area contributed by atoms with Crippen molar-refractivity contribution in [2.45, 2.75) is 50.9 Å². The lowest BCUT2D eigenvalue weighted by molar-refractivity contribution is -0.138. The minimum Gasteiger partial charge on any atom is -0.372 e. The van der Waals surface area contributed by atoms with Crippen molar-refractivity contribution in [2.24, 2.45) is 0 Å². The van der Waals surface area contributed by atoms with Gasteiger partial charge in [0, 0.05) is 25.6 Å². The minimum absolute atomic E-state index is 0.0460. The standard InChI is InChI=1S/C15H23N3O3/c1-3-20-9-12(19)18-8-4-7-15(2,10-18)14-16-13(17-21-14)11-5-6-11/h11H,3-10H2,1-2H3/t15-/m1/s1. The van der Waals surface area contributed by atoms with Crippen molar-refractivity contribution in [3.8, 4) is 0 Å². The number of rotatable bonds is 5. The number of carbonyl (C=O) groups is 1. The zero-order valence-corrected chi connectivity index (χ0v) is 12.8. The predicted octanol–water partition coefficient (Wildman–Crippen LogP) is 1.86. The van der Waals surface area contributed by atoms with E-state index in [1.807, 2.05) is 11.8 Å². The Morgan fingerprint density at radius 2 is 2.33 bits per heavy atom. The Morgan fingerprint density at radius 1 is 1.52 bits per heavy atom. The summed E-state index contributed by atoms with van der Waals surface area (Å²) in [4.78, 5) is 18.6. The van der Waals surface area contributed by atoms with E-state index in [1.165, 1.54) is 0 Å². The highest BCUT2D eigenvalue weighted by Crippen LogP contribution is 2.40. The summed E-state index contributed by atoms with van der Waals surface area (Å²) in [5.41, 5.74) is -0.236. The first-order chi connectivity index (χ1) is 10.1. The quantitative estimate of drug-likeness (QED) is 0.829. The molecule has 3 rings (SSSR count). The second-order valence-corrected chi connectivity index (χ2v) is 6.35. The van der Waals surface area contributed by atoms with Crippen molar-refractivity contribution in [3.63, 3.8) is 0 Å². The summed E-state index contributed by atoms with van der Waals surface area (Å²) in [5.74, 6) is 2.05. The van der Waals surface area contributed by atoms with Crippen LogP contribution in [0, 0.1) is 0 Å². The van der Waals surface area contributed by atoms with Gasteiger partial charge >= 0.3 is 0 Å². The van der Waals surface area contributed by atoms with Crippen molar-refractivity contribution >= 4 is 5.91 Å². The normalized spacial score (nSPS) is 26.1. The van der Waals surface area contributed by atoms with Gasteiger partial charge in [-0.15, -0.1) is 0 Å². The zero-order valence-electron chi connectivity index (χ0n) is 12.8. The maximum Gasteiger partial charge on any atom is 0.248 e. The molecular weight excluding hydrogens is 270 g/mol. The van der Waals surface area contributed by atoms with Crippen LogP contribution in [0.1, 0.15) is 57.2 Å². The maximum atomic E-state index is 12.1. The molecule has 1 saturated heterocycles. The van der Waals surface area contributed by atoms with E-state index in [1.54, 1.807) is 0 Å². The van der Waals surface area contributed by atoms with Crippen molar-refractivity contribution in [2.75, 3.05) is 26.3 Å². The predicted molar refractivity (Wildman–Crippen MR) is 75.9 cm³/mol. The lowest BCUT2D eigenvalue weighted by atomic mass is 9.81. The van der Waals surface area contributed by atoms with Crippen molar-refractivity contribution in [3.05, 3.63) is 11.7 Å². The fourth-order valence-electron chi connectivity index (χ4n) is 2.89. The van der Waals surface area contributed by atoms with Crippen molar-refractivity contribution in [1.29, 1.82) is 0 Å². The summed E-state index contributed by atoms with van der Waals surface area (Å²) in [6.45, 7) is 6.13. The molecule has 0 aromatic carbocycles. The van der Waals surface area contributed by atoms with Crippen LogP contribution in [-0.4, -0.2) is 47.3 Å². The van der Waals surface area contributed by atoms with E-state index in [9.17, 15) is 4.79 Å². The molecule has 0 spiro atoms. The first-order valence-corrected chi connectivity index (χ1v) is 7.82. The van der Waals surface area contributed by atoms with Crippen LogP contribution in [0.25, 0.3) is 0 Å². The Hall–Kier alpha value is -1.43. The SMILES string of the molecule is CCOCC(=O)N1CCC[C@@](C)(c2nc(C3CC3)no2)C1. The molecule has 1 amide bonds. The molecule has 0 unspecified atom stereocenters. The summed E-state index contributed by atoms with van der Waals surface area (Å²) in [5, 5.41) is 4.10. The van der Waals surface area contributed by atoms with Crippen LogP contribution >= 0.6 is 0 Å². The second kappa shape index (κ2) is 5.75. The summed E-state index contributed by atoms with van der Waals surface area (Å²) in [6.07, 6.45) is 4.25.